The van der Waals surface area contributed by atoms with Crippen LogP contribution < -0.4 is 0 Å². The monoisotopic (exact) mass is 206 g/mol. The Labute approximate surface area is 80.4 Å². The van der Waals surface area contributed by atoms with Crippen LogP contribution in [0.2, 0.25) is 0 Å². The van der Waals surface area contributed by atoms with Gasteiger partial charge in [-0.3, -0.25) is 4.57 Å². The minimum atomic E-state index is -2.48. The lowest BCUT2D eigenvalue weighted by atomic mass is 10.4. The Morgan fingerprint density at radius 1 is 1.31 bits per heavy atom. The minimum Gasteiger partial charge on any atom is -0.321 e. The molecular formula is C8H19N2O2P. The molecule has 4 nitrogen and oxygen atoms in total. The van der Waals surface area contributed by atoms with Crippen LogP contribution >= 0.6 is 7.52 Å². The van der Waals surface area contributed by atoms with Crippen LogP contribution in [0.25, 0.3) is 0 Å². The highest BCUT2D eigenvalue weighted by Gasteiger charge is 2.27. The highest BCUT2D eigenvalue weighted by molar-refractivity contribution is 7.55. The summed E-state index contributed by atoms with van der Waals surface area (Å²) in [6.45, 7) is 8.63. The normalized spacial score (nSPS) is 25.8. The van der Waals surface area contributed by atoms with E-state index in [1.807, 2.05) is 4.67 Å². The molecule has 0 spiro atoms. The quantitative estimate of drug-likeness (QED) is 0.647. The second-order valence-electron chi connectivity index (χ2n) is 3.37. The molecule has 1 unspecified atom stereocenters. The first-order valence-electron chi connectivity index (χ1n) is 4.71. The molecular weight excluding hydrogens is 187 g/mol. The van der Waals surface area contributed by atoms with Gasteiger partial charge >= 0.3 is 0 Å². The molecule has 0 saturated carbocycles. The Morgan fingerprint density at radius 3 is 2.23 bits per heavy atom. The fourth-order valence-corrected chi connectivity index (χ4v) is 2.67. The first-order valence-corrected chi connectivity index (χ1v) is 6.73. The van der Waals surface area contributed by atoms with Gasteiger partial charge in [0.05, 0.1) is 0 Å². The summed E-state index contributed by atoms with van der Waals surface area (Å²) in [5.74, 6) is 0. The van der Waals surface area contributed by atoms with E-state index in [1.165, 1.54) is 7.11 Å². The average Bonchev–Trinajstić information content (AvgIpc) is 2.18. The second kappa shape index (κ2) is 4.56. The maximum Gasteiger partial charge on any atom is 0.269 e. The first kappa shape index (κ1) is 11.2. The van der Waals surface area contributed by atoms with Gasteiger partial charge in [0.25, 0.3) is 7.52 Å². The highest BCUT2D eigenvalue weighted by atomic mass is 31.2. The Bertz CT molecular complexity index is 202. The molecule has 0 radical (unpaired) electrons. The molecule has 78 valence electrons. The first-order chi connectivity index (χ1) is 6.10. The van der Waals surface area contributed by atoms with E-state index in [4.69, 9.17) is 4.52 Å². The van der Waals surface area contributed by atoms with Crippen molar-refractivity contribution in [2.45, 2.75) is 6.92 Å². The van der Waals surface area contributed by atoms with E-state index in [1.54, 1.807) is 6.66 Å². The Kier molecular flexibility index (Phi) is 3.92. The lowest BCUT2D eigenvalue weighted by Crippen LogP contribution is -2.44. The van der Waals surface area contributed by atoms with Crippen molar-refractivity contribution in [2.24, 2.45) is 0 Å². The van der Waals surface area contributed by atoms with E-state index < -0.39 is 7.52 Å². The lowest BCUT2D eigenvalue weighted by molar-refractivity contribution is 0.180. The topological polar surface area (TPSA) is 32.8 Å². The van der Waals surface area contributed by atoms with E-state index in [9.17, 15) is 4.57 Å². The largest absolute Gasteiger partial charge is 0.321 e. The van der Waals surface area contributed by atoms with Crippen molar-refractivity contribution in [3.63, 3.8) is 0 Å². The van der Waals surface area contributed by atoms with Gasteiger partial charge in [-0.2, -0.15) is 0 Å². The molecule has 0 aromatic carbocycles. The molecule has 0 N–H and O–H groups in total. The van der Waals surface area contributed by atoms with Gasteiger partial charge < -0.3 is 9.42 Å². The summed E-state index contributed by atoms with van der Waals surface area (Å²) in [4.78, 5) is 2.35. The smallest absolute Gasteiger partial charge is 0.269 e. The molecule has 1 aliphatic heterocycles. The van der Waals surface area contributed by atoms with Crippen LogP contribution in [0.15, 0.2) is 0 Å². The van der Waals surface area contributed by atoms with E-state index >= 15 is 0 Å². The molecule has 13 heavy (non-hydrogen) atoms. The molecule has 1 atom stereocenters. The van der Waals surface area contributed by atoms with Gasteiger partial charge in [0.15, 0.2) is 0 Å². The fraction of sp³-hybridized carbons (Fsp3) is 1.00. The highest BCUT2D eigenvalue weighted by Crippen LogP contribution is 2.45. The number of likely N-dealkylation sites (N-methyl/N-ethyl adjacent to an activating group) is 1. The van der Waals surface area contributed by atoms with Crippen molar-refractivity contribution in [2.75, 3.05) is 46.5 Å². The number of piperazine rings is 1. The molecule has 0 amide bonds. The van der Waals surface area contributed by atoms with Gasteiger partial charge in [-0.25, -0.2) is 4.67 Å². The standard InChI is InChI=1S/C8H19N2O2P/c1-4-9-5-7-10(8-6-9)13(3,11)12-2/h4-8H2,1-3H3. The predicted molar refractivity (Wildman–Crippen MR) is 54.2 cm³/mol. The maximum atomic E-state index is 11.8. The number of rotatable bonds is 3. The molecule has 1 rings (SSSR count). The number of hydrogen-bond donors (Lipinski definition) is 0. The van der Waals surface area contributed by atoms with Gasteiger partial charge in [-0.05, 0) is 6.54 Å². The van der Waals surface area contributed by atoms with Gasteiger partial charge in [0, 0.05) is 40.0 Å². The van der Waals surface area contributed by atoms with Crippen LogP contribution in [0.3, 0.4) is 0 Å². The number of nitrogens with zero attached hydrogens (tertiary/aromatic N) is 2. The third kappa shape index (κ3) is 2.78. The van der Waals surface area contributed by atoms with Crippen molar-refractivity contribution in [3.05, 3.63) is 0 Å². The Balaban J connectivity index is 2.45. The van der Waals surface area contributed by atoms with Crippen molar-refractivity contribution in [3.8, 4) is 0 Å². The third-order valence-electron chi connectivity index (χ3n) is 2.65. The van der Waals surface area contributed by atoms with Crippen molar-refractivity contribution in [1.82, 2.24) is 9.57 Å². The van der Waals surface area contributed by atoms with Crippen LogP contribution in [0, 0.1) is 0 Å². The summed E-state index contributed by atoms with van der Waals surface area (Å²) in [5, 5.41) is 0. The van der Waals surface area contributed by atoms with Crippen LogP contribution in [-0.4, -0.2) is 56.1 Å². The maximum absolute atomic E-state index is 11.8. The molecule has 1 saturated heterocycles. The van der Waals surface area contributed by atoms with E-state index in [2.05, 4.69) is 11.8 Å². The molecule has 0 aromatic heterocycles. The molecule has 1 fully saturated rings. The summed E-state index contributed by atoms with van der Waals surface area (Å²) in [5.41, 5.74) is 0. The average molecular weight is 206 g/mol. The zero-order valence-corrected chi connectivity index (χ0v) is 9.59. The minimum absolute atomic E-state index is 0.857. The molecule has 1 heterocycles. The van der Waals surface area contributed by atoms with E-state index in [0.717, 1.165) is 32.7 Å². The lowest BCUT2D eigenvalue weighted by Gasteiger charge is -2.36. The summed E-state index contributed by atoms with van der Waals surface area (Å²) < 4.78 is 18.8. The summed E-state index contributed by atoms with van der Waals surface area (Å²) >= 11 is 0. The van der Waals surface area contributed by atoms with E-state index in [0.29, 0.717) is 0 Å². The van der Waals surface area contributed by atoms with Crippen molar-refractivity contribution < 1.29 is 9.09 Å². The molecule has 1 aliphatic rings. The molecule has 0 bridgehead atoms. The van der Waals surface area contributed by atoms with Gasteiger partial charge in [0.1, 0.15) is 0 Å². The van der Waals surface area contributed by atoms with Crippen LogP contribution in [0.1, 0.15) is 6.92 Å². The van der Waals surface area contributed by atoms with Gasteiger partial charge in [-0.1, -0.05) is 6.92 Å². The third-order valence-corrected chi connectivity index (χ3v) is 4.75. The Hall–Kier alpha value is 0.110. The van der Waals surface area contributed by atoms with Crippen molar-refractivity contribution in [1.29, 1.82) is 0 Å². The summed E-state index contributed by atoms with van der Waals surface area (Å²) in [6, 6.07) is 0. The van der Waals surface area contributed by atoms with Crippen LogP contribution in [0.4, 0.5) is 0 Å². The van der Waals surface area contributed by atoms with Gasteiger partial charge in [-0.15, -0.1) is 0 Å². The van der Waals surface area contributed by atoms with Crippen LogP contribution in [-0.2, 0) is 9.09 Å². The molecule has 5 heteroatoms. The number of hydrogen-bond acceptors (Lipinski definition) is 3. The SMILES string of the molecule is CCN1CCN(P(C)(=O)OC)CC1. The molecule has 0 aliphatic carbocycles. The van der Waals surface area contributed by atoms with Gasteiger partial charge in [0.2, 0.25) is 0 Å². The van der Waals surface area contributed by atoms with E-state index in [-0.39, 0.29) is 0 Å². The summed E-state index contributed by atoms with van der Waals surface area (Å²) in [6.07, 6.45) is 0. The Morgan fingerprint density at radius 2 is 1.85 bits per heavy atom. The zero-order valence-electron chi connectivity index (χ0n) is 8.69. The van der Waals surface area contributed by atoms with Crippen molar-refractivity contribution >= 4 is 7.52 Å². The van der Waals surface area contributed by atoms with Crippen LogP contribution in [0.5, 0.6) is 0 Å². The predicted octanol–water partition coefficient (Wildman–Crippen LogP) is 1.09. The second-order valence-corrected chi connectivity index (χ2v) is 5.91. The zero-order chi connectivity index (χ0) is 9.90. The summed E-state index contributed by atoms with van der Waals surface area (Å²) in [7, 11) is -0.958. The fourth-order valence-electron chi connectivity index (χ4n) is 1.53. The molecule has 0 aromatic rings.